The second kappa shape index (κ2) is 8.28. The Morgan fingerprint density at radius 3 is 2.50 bits per heavy atom. The summed E-state index contributed by atoms with van der Waals surface area (Å²) >= 11 is 1.46. The number of carbonyl (C=O) groups is 1. The standard InChI is InChI=1S/C18H22N2O4S2/c1-14-13-25-17(19-14)12-24-18(21)11-15-5-7-16(8-6-15)26(22,23)20-9-3-2-4-10-20/h5-8,13H,2-4,9-12H2,1H3. The van der Waals surface area contributed by atoms with Crippen LogP contribution in [-0.2, 0) is 32.6 Å². The van der Waals surface area contributed by atoms with Gasteiger partial charge in [-0.25, -0.2) is 13.4 Å². The van der Waals surface area contributed by atoms with Gasteiger partial charge < -0.3 is 4.74 Å². The Morgan fingerprint density at radius 2 is 1.88 bits per heavy atom. The molecule has 1 aromatic heterocycles. The number of carbonyl (C=O) groups excluding carboxylic acids is 1. The number of esters is 1. The first kappa shape index (κ1) is 19.0. The van der Waals surface area contributed by atoms with E-state index in [1.165, 1.54) is 15.6 Å². The van der Waals surface area contributed by atoms with E-state index >= 15 is 0 Å². The first-order chi connectivity index (χ1) is 12.4. The number of rotatable bonds is 6. The number of hydrogen-bond donors (Lipinski definition) is 0. The molecule has 140 valence electrons. The van der Waals surface area contributed by atoms with E-state index in [9.17, 15) is 13.2 Å². The fraction of sp³-hybridized carbons (Fsp3) is 0.444. The molecular formula is C18H22N2O4S2. The minimum Gasteiger partial charge on any atom is -0.458 e. The lowest BCUT2D eigenvalue weighted by Crippen LogP contribution is -2.35. The molecule has 6 nitrogen and oxygen atoms in total. The summed E-state index contributed by atoms with van der Waals surface area (Å²) in [6.45, 7) is 3.21. The smallest absolute Gasteiger partial charge is 0.310 e. The van der Waals surface area contributed by atoms with Gasteiger partial charge in [0.1, 0.15) is 11.6 Å². The van der Waals surface area contributed by atoms with E-state index in [2.05, 4.69) is 4.98 Å². The average molecular weight is 395 g/mol. The zero-order valence-corrected chi connectivity index (χ0v) is 16.3. The lowest BCUT2D eigenvalue weighted by Gasteiger charge is -2.25. The van der Waals surface area contributed by atoms with Crippen LogP contribution in [0.2, 0.25) is 0 Å². The summed E-state index contributed by atoms with van der Waals surface area (Å²) in [5.74, 6) is -0.357. The maximum atomic E-state index is 12.6. The number of piperidine rings is 1. The summed E-state index contributed by atoms with van der Waals surface area (Å²) in [4.78, 5) is 16.5. The molecule has 0 radical (unpaired) electrons. The Bertz CT molecular complexity index is 854. The maximum Gasteiger partial charge on any atom is 0.310 e. The number of hydrogen-bond acceptors (Lipinski definition) is 6. The second-order valence-corrected chi connectivity index (χ2v) is 9.21. The summed E-state index contributed by atoms with van der Waals surface area (Å²) in [6, 6.07) is 6.48. The predicted octanol–water partition coefficient (Wildman–Crippen LogP) is 2.91. The van der Waals surface area contributed by atoms with Gasteiger partial charge in [0.15, 0.2) is 0 Å². The molecule has 1 saturated heterocycles. The molecule has 0 unspecified atom stereocenters. The molecule has 26 heavy (non-hydrogen) atoms. The van der Waals surface area contributed by atoms with Crippen LogP contribution in [0.25, 0.3) is 0 Å². The quantitative estimate of drug-likeness (QED) is 0.704. The summed E-state index contributed by atoms with van der Waals surface area (Å²) in [5, 5.41) is 2.67. The highest BCUT2D eigenvalue weighted by molar-refractivity contribution is 7.89. The third kappa shape index (κ3) is 4.69. The number of aryl methyl sites for hydroxylation is 1. The van der Waals surface area contributed by atoms with Crippen molar-refractivity contribution >= 4 is 27.3 Å². The molecule has 2 aromatic rings. The van der Waals surface area contributed by atoms with Crippen LogP contribution >= 0.6 is 11.3 Å². The summed E-state index contributed by atoms with van der Waals surface area (Å²) < 4.78 is 32.0. The largest absolute Gasteiger partial charge is 0.458 e. The van der Waals surface area contributed by atoms with Crippen molar-refractivity contribution in [3.63, 3.8) is 0 Å². The zero-order chi connectivity index (χ0) is 18.6. The molecule has 3 rings (SSSR count). The van der Waals surface area contributed by atoms with Gasteiger partial charge in [0.2, 0.25) is 10.0 Å². The van der Waals surface area contributed by atoms with Gasteiger partial charge in [-0.2, -0.15) is 4.31 Å². The third-order valence-electron chi connectivity index (χ3n) is 4.25. The minimum absolute atomic E-state index is 0.106. The van der Waals surface area contributed by atoms with Gasteiger partial charge in [0, 0.05) is 24.2 Å². The lowest BCUT2D eigenvalue weighted by atomic mass is 10.1. The van der Waals surface area contributed by atoms with Gasteiger partial charge in [-0.1, -0.05) is 18.6 Å². The molecule has 2 heterocycles. The van der Waals surface area contributed by atoms with Crippen molar-refractivity contribution in [1.29, 1.82) is 0 Å². The highest BCUT2D eigenvalue weighted by Crippen LogP contribution is 2.21. The van der Waals surface area contributed by atoms with Gasteiger partial charge in [-0.05, 0) is 37.5 Å². The SMILES string of the molecule is Cc1csc(COC(=O)Cc2ccc(S(=O)(=O)N3CCCCC3)cc2)n1. The van der Waals surface area contributed by atoms with E-state index in [4.69, 9.17) is 4.74 Å². The number of ether oxygens (including phenoxy) is 1. The molecule has 0 bridgehead atoms. The normalized spacial score (nSPS) is 15.7. The Labute approximate surface area is 157 Å². The maximum absolute atomic E-state index is 12.6. The lowest BCUT2D eigenvalue weighted by molar-refractivity contribution is -0.144. The van der Waals surface area contributed by atoms with E-state index < -0.39 is 10.0 Å². The molecule has 1 aliphatic heterocycles. The van der Waals surface area contributed by atoms with Crippen LogP contribution in [0.5, 0.6) is 0 Å². The molecule has 0 spiro atoms. The van der Waals surface area contributed by atoms with Gasteiger partial charge in [0.05, 0.1) is 11.3 Å². The average Bonchev–Trinajstić information content (AvgIpc) is 3.06. The highest BCUT2D eigenvalue weighted by atomic mass is 32.2. The Kier molecular flexibility index (Phi) is 6.05. The van der Waals surface area contributed by atoms with Crippen LogP contribution in [0.15, 0.2) is 34.5 Å². The zero-order valence-electron chi connectivity index (χ0n) is 14.7. The first-order valence-corrected chi connectivity index (χ1v) is 10.9. The first-order valence-electron chi connectivity index (χ1n) is 8.61. The fourth-order valence-electron chi connectivity index (χ4n) is 2.86. The van der Waals surface area contributed by atoms with E-state index in [0.717, 1.165) is 35.5 Å². The van der Waals surface area contributed by atoms with Crippen molar-refractivity contribution in [2.45, 2.75) is 44.1 Å². The third-order valence-corrected chi connectivity index (χ3v) is 7.10. The predicted molar refractivity (Wildman–Crippen MR) is 99.4 cm³/mol. The van der Waals surface area contributed by atoms with Gasteiger partial charge >= 0.3 is 5.97 Å². The molecule has 0 N–H and O–H groups in total. The molecule has 1 aliphatic rings. The van der Waals surface area contributed by atoms with Gasteiger partial charge in [-0.3, -0.25) is 4.79 Å². The number of sulfonamides is 1. The van der Waals surface area contributed by atoms with Crippen molar-refractivity contribution in [2.24, 2.45) is 0 Å². The summed E-state index contributed by atoms with van der Waals surface area (Å²) in [6.07, 6.45) is 2.99. The van der Waals surface area contributed by atoms with Crippen molar-refractivity contribution in [2.75, 3.05) is 13.1 Å². The molecule has 1 aromatic carbocycles. The van der Waals surface area contributed by atoms with E-state index in [0.29, 0.717) is 13.1 Å². The minimum atomic E-state index is -3.44. The van der Waals surface area contributed by atoms with Crippen LogP contribution in [0.3, 0.4) is 0 Å². The van der Waals surface area contributed by atoms with Crippen molar-refractivity contribution in [3.05, 3.63) is 45.9 Å². The van der Waals surface area contributed by atoms with Crippen LogP contribution in [0, 0.1) is 6.92 Å². The van der Waals surface area contributed by atoms with Crippen molar-refractivity contribution in [1.82, 2.24) is 9.29 Å². The van der Waals surface area contributed by atoms with E-state index in [1.54, 1.807) is 24.3 Å². The van der Waals surface area contributed by atoms with Crippen molar-refractivity contribution in [3.8, 4) is 0 Å². The Hall–Kier alpha value is -1.77. The molecule has 0 amide bonds. The van der Waals surface area contributed by atoms with E-state index in [1.807, 2.05) is 12.3 Å². The molecule has 0 aliphatic carbocycles. The molecule has 0 atom stereocenters. The molecular weight excluding hydrogens is 372 g/mol. The summed E-state index contributed by atoms with van der Waals surface area (Å²) in [7, 11) is -3.44. The number of thiazole rings is 1. The van der Waals surface area contributed by atoms with Crippen molar-refractivity contribution < 1.29 is 17.9 Å². The van der Waals surface area contributed by atoms with Crippen LogP contribution in [0.1, 0.15) is 35.5 Å². The number of nitrogens with zero attached hydrogens (tertiary/aromatic N) is 2. The van der Waals surface area contributed by atoms with Crippen LogP contribution in [-0.4, -0.2) is 36.8 Å². The topological polar surface area (TPSA) is 76.6 Å². The molecule has 0 saturated carbocycles. The number of aromatic nitrogens is 1. The summed E-state index contributed by atoms with van der Waals surface area (Å²) in [5.41, 5.74) is 1.63. The highest BCUT2D eigenvalue weighted by Gasteiger charge is 2.25. The van der Waals surface area contributed by atoms with Crippen LogP contribution < -0.4 is 0 Å². The Balaban J connectivity index is 1.57. The fourth-order valence-corrected chi connectivity index (χ4v) is 5.06. The molecule has 8 heteroatoms. The Morgan fingerprint density at radius 1 is 1.19 bits per heavy atom. The second-order valence-electron chi connectivity index (χ2n) is 6.33. The van der Waals surface area contributed by atoms with Gasteiger partial charge in [-0.15, -0.1) is 11.3 Å². The van der Waals surface area contributed by atoms with Crippen LogP contribution in [0.4, 0.5) is 0 Å². The number of benzene rings is 1. The van der Waals surface area contributed by atoms with Gasteiger partial charge in [0.25, 0.3) is 0 Å². The molecule has 1 fully saturated rings. The monoisotopic (exact) mass is 394 g/mol. The van der Waals surface area contributed by atoms with E-state index in [-0.39, 0.29) is 23.9 Å².